The maximum absolute atomic E-state index is 12.5. The van der Waals surface area contributed by atoms with E-state index in [0.717, 1.165) is 17.9 Å². The first-order valence-electron chi connectivity index (χ1n) is 6.03. The number of halogens is 1. The largest absolute Gasteiger partial charge is 0.478 e. The van der Waals surface area contributed by atoms with Crippen molar-refractivity contribution in [2.75, 3.05) is 24.6 Å². The smallest absolute Gasteiger partial charge is 0.337 e. The SMILES string of the molecule is O=C(O)c1ccc(S(=O)(=O)N2CCCSCC2)cc1Cl. The van der Waals surface area contributed by atoms with Gasteiger partial charge >= 0.3 is 5.97 Å². The van der Waals surface area contributed by atoms with E-state index in [4.69, 9.17) is 16.7 Å². The molecule has 0 radical (unpaired) electrons. The average molecular weight is 336 g/mol. The Morgan fingerprint density at radius 2 is 2.05 bits per heavy atom. The van der Waals surface area contributed by atoms with Crippen LogP contribution in [0.15, 0.2) is 23.1 Å². The summed E-state index contributed by atoms with van der Waals surface area (Å²) in [6.45, 7) is 0.943. The van der Waals surface area contributed by atoms with Gasteiger partial charge in [0.15, 0.2) is 0 Å². The van der Waals surface area contributed by atoms with Crippen molar-refractivity contribution >= 4 is 39.4 Å². The van der Waals surface area contributed by atoms with Crippen LogP contribution in [-0.2, 0) is 10.0 Å². The number of carbonyl (C=O) groups is 1. The van der Waals surface area contributed by atoms with Gasteiger partial charge in [-0.1, -0.05) is 11.6 Å². The molecular weight excluding hydrogens is 322 g/mol. The van der Waals surface area contributed by atoms with Gasteiger partial charge in [-0.3, -0.25) is 0 Å². The zero-order valence-electron chi connectivity index (χ0n) is 10.6. The number of hydrogen-bond acceptors (Lipinski definition) is 4. The van der Waals surface area contributed by atoms with Gasteiger partial charge < -0.3 is 5.11 Å². The molecule has 1 N–H and O–H groups in total. The van der Waals surface area contributed by atoms with E-state index in [9.17, 15) is 13.2 Å². The maximum atomic E-state index is 12.5. The number of carboxylic acid groups (broad SMARTS) is 1. The second-order valence-corrected chi connectivity index (χ2v) is 7.89. The van der Waals surface area contributed by atoms with E-state index in [1.54, 1.807) is 11.8 Å². The topological polar surface area (TPSA) is 74.7 Å². The molecule has 0 spiro atoms. The number of hydrogen-bond donors (Lipinski definition) is 1. The molecule has 5 nitrogen and oxygen atoms in total. The van der Waals surface area contributed by atoms with Crippen molar-refractivity contribution in [1.82, 2.24) is 4.31 Å². The Hall–Kier alpha value is -0.760. The normalized spacial score (nSPS) is 17.6. The molecule has 1 aliphatic rings. The molecule has 0 bridgehead atoms. The van der Waals surface area contributed by atoms with Crippen LogP contribution in [0.25, 0.3) is 0 Å². The zero-order valence-corrected chi connectivity index (χ0v) is 13.0. The molecule has 1 aromatic carbocycles. The summed E-state index contributed by atoms with van der Waals surface area (Å²) in [6.07, 6.45) is 0.810. The van der Waals surface area contributed by atoms with E-state index in [-0.39, 0.29) is 15.5 Å². The predicted octanol–water partition coefficient (Wildman–Crippen LogP) is 2.17. The highest BCUT2D eigenvalue weighted by Crippen LogP contribution is 2.25. The van der Waals surface area contributed by atoms with Crippen molar-refractivity contribution in [2.45, 2.75) is 11.3 Å². The van der Waals surface area contributed by atoms with Crippen molar-refractivity contribution in [3.63, 3.8) is 0 Å². The van der Waals surface area contributed by atoms with Crippen LogP contribution in [0.1, 0.15) is 16.8 Å². The van der Waals surface area contributed by atoms with Crippen LogP contribution in [-0.4, -0.2) is 48.4 Å². The molecule has 1 aromatic rings. The standard InChI is InChI=1S/C12H14ClNO4S2/c13-11-8-9(2-3-10(11)12(15)16)20(17,18)14-4-1-6-19-7-5-14/h2-3,8H,1,4-7H2,(H,15,16). The number of sulfonamides is 1. The number of nitrogens with zero attached hydrogens (tertiary/aromatic N) is 1. The molecule has 1 fully saturated rings. The van der Waals surface area contributed by atoms with Crippen molar-refractivity contribution in [3.8, 4) is 0 Å². The highest BCUT2D eigenvalue weighted by Gasteiger charge is 2.26. The molecule has 110 valence electrons. The minimum Gasteiger partial charge on any atom is -0.478 e. The molecule has 0 unspecified atom stereocenters. The lowest BCUT2D eigenvalue weighted by molar-refractivity contribution is 0.0697. The molecule has 20 heavy (non-hydrogen) atoms. The maximum Gasteiger partial charge on any atom is 0.337 e. The summed E-state index contributed by atoms with van der Waals surface area (Å²) < 4.78 is 26.4. The summed E-state index contributed by atoms with van der Waals surface area (Å²) in [4.78, 5) is 10.9. The molecule has 1 saturated heterocycles. The lowest BCUT2D eigenvalue weighted by atomic mass is 10.2. The first-order chi connectivity index (χ1) is 9.43. The lowest BCUT2D eigenvalue weighted by Crippen LogP contribution is -2.33. The Morgan fingerprint density at radius 1 is 1.30 bits per heavy atom. The second kappa shape index (κ2) is 6.34. The molecule has 0 aliphatic carbocycles. The van der Waals surface area contributed by atoms with E-state index in [1.165, 1.54) is 22.5 Å². The van der Waals surface area contributed by atoms with Crippen LogP contribution in [0.5, 0.6) is 0 Å². The zero-order chi connectivity index (χ0) is 14.8. The molecule has 8 heteroatoms. The summed E-state index contributed by atoms with van der Waals surface area (Å²) in [5.74, 6) is 0.537. The van der Waals surface area contributed by atoms with E-state index in [2.05, 4.69) is 0 Å². The fraction of sp³-hybridized carbons (Fsp3) is 0.417. The van der Waals surface area contributed by atoms with Crippen molar-refractivity contribution in [2.24, 2.45) is 0 Å². The summed E-state index contributed by atoms with van der Waals surface area (Å²) in [5.41, 5.74) is -0.1000. The van der Waals surface area contributed by atoms with E-state index in [0.29, 0.717) is 13.1 Å². The molecule has 1 heterocycles. The van der Waals surface area contributed by atoms with Gasteiger partial charge in [0.2, 0.25) is 10.0 Å². The van der Waals surface area contributed by atoms with Gasteiger partial charge in [0.1, 0.15) is 0 Å². The molecule has 0 aromatic heterocycles. The number of rotatable bonds is 3. The highest BCUT2D eigenvalue weighted by atomic mass is 35.5. The minimum atomic E-state index is -3.61. The van der Waals surface area contributed by atoms with E-state index < -0.39 is 16.0 Å². The number of thioether (sulfide) groups is 1. The van der Waals surface area contributed by atoms with Gasteiger partial charge in [0.25, 0.3) is 0 Å². The second-order valence-electron chi connectivity index (χ2n) is 4.32. The van der Waals surface area contributed by atoms with E-state index >= 15 is 0 Å². The van der Waals surface area contributed by atoms with Crippen LogP contribution in [0.2, 0.25) is 5.02 Å². The van der Waals surface area contributed by atoms with Gasteiger partial charge in [0, 0.05) is 18.8 Å². The van der Waals surface area contributed by atoms with Crippen LogP contribution < -0.4 is 0 Å². The van der Waals surface area contributed by atoms with Gasteiger partial charge in [-0.15, -0.1) is 0 Å². The van der Waals surface area contributed by atoms with Crippen LogP contribution >= 0.6 is 23.4 Å². The van der Waals surface area contributed by atoms with Crippen molar-refractivity contribution in [3.05, 3.63) is 28.8 Å². The van der Waals surface area contributed by atoms with Gasteiger partial charge in [0.05, 0.1) is 15.5 Å². The fourth-order valence-electron chi connectivity index (χ4n) is 1.94. The molecule has 1 aliphatic heterocycles. The third kappa shape index (κ3) is 3.28. The average Bonchev–Trinajstić information content (AvgIpc) is 2.67. The first kappa shape index (κ1) is 15.6. The third-order valence-corrected chi connectivity index (χ3v) is 6.25. The summed E-state index contributed by atoms with van der Waals surface area (Å²) >= 11 is 7.56. The fourth-order valence-corrected chi connectivity index (χ4v) is 4.78. The summed E-state index contributed by atoms with van der Waals surface area (Å²) in [5, 5.41) is 8.83. The molecule has 0 amide bonds. The van der Waals surface area contributed by atoms with E-state index in [1.807, 2.05) is 0 Å². The number of aromatic carboxylic acids is 1. The van der Waals surface area contributed by atoms with Crippen LogP contribution in [0, 0.1) is 0 Å². The van der Waals surface area contributed by atoms with Crippen LogP contribution in [0.3, 0.4) is 0 Å². The molecule has 0 atom stereocenters. The first-order valence-corrected chi connectivity index (χ1v) is 9.01. The number of carboxylic acids is 1. The van der Waals surface area contributed by atoms with Gasteiger partial charge in [-0.25, -0.2) is 13.2 Å². The predicted molar refractivity (Wildman–Crippen MR) is 79.1 cm³/mol. The summed E-state index contributed by atoms with van der Waals surface area (Å²) in [7, 11) is -3.61. The Morgan fingerprint density at radius 3 is 2.70 bits per heavy atom. The molecular formula is C12H14ClNO4S2. The Kier molecular flexibility index (Phi) is 4.95. The monoisotopic (exact) mass is 335 g/mol. The quantitative estimate of drug-likeness (QED) is 0.916. The van der Waals surface area contributed by atoms with Crippen molar-refractivity contribution in [1.29, 1.82) is 0 Å². The molecule has 2 rings (SSSR count). The van der Waals surface area contributed by atoms with Crippen LogP contribution in [0.4, 0.5) is 0 Å². The van der Waals surface area contributed by atoms with Gasteiger partial charge in [-0.2, -0.15) is 16.1 Å². The third-order valence-electron chi connectivity index (χ3n) is 2.99. The minimum absolute atomic E-state index is 0.0411. The van der Waals surface area contributed by atoms with Gasteiger partial charge in [-0.05, 0) is 30.4 Å². The highest BCUT2D eigenvalue weighted by molar-refractivity contribution is 7.99. The van der Waals surface area contributed by atoms with Crippen molar-refractivity contribution < 1.29 is 18.3 Å². The summed E-state index contributed by atoms with van der Waals surface area (Å²) in [6, 6.07) is 3.73. The Bertz CT molecular complexity index is 610. The lowest BCUT2D eigenvalue weighted by Gasteiger charge is -2.19. The Balaban J connectivity index is 2.34. The number of benzene rings is 1. The Labute approximate surface area is 127 Å². The molecule has 0 saturated carbocycles.